The molecule has 1 rings (SSSR count). The number of carbonyl (C=O) groups is 2. The Morgan fingerprint density at radius 3 is 2.44 bits per heavy atom. The Balaban J connectivity index is 2.76. The maximum Gasteiger partial charge on any atom is 0.351 e. The Morgan fingerprint density at radius 2 is 1.94 bits per heavy atom. The quantitative estimate of drug-likeness (QED) is 0.581. The first-order valence-electron chi connectivity index (χ1n) is 5.67. The molecule has 1 aliphatic rings. The smallest absolute Gasteiger partial charge is 0.351 e. The van der Waals surface area contributed by atoms with Gasteiger partial charge in [-0.1, -0.05) is 32.0 Å². The lowest BCUT2D eigenvalue weighted by molar-refractivity contribution is -0.243. The number of ether oxygens (including phenoxy) is 3. The lowest BCUT2D eigenvalue weighted by Crippen LogP contribution is -2.48. The van der Waals surface area contributed by atoms with Crippen molar-refractivity contribution in [1.82, 2.24) is 0 Å². The van der Waals surface area contributed by atoms with Gasteiger partial charge in [0.25, 0.3) is 0 Å². The van der Waals surface area contributed by atoms with Gasteiger partial charge in [-0.2, -0.15) is 0 Å². The number of esters is 2. The fourth-order valence-corrected chi connectivity index (χ4v) is 1.73. The molecule has 4 unspecified atom stereocenters. The summed E-state index contributed by atoms with van der Waals surface area (Å²) in [5, 5.41) is -0.244. The third kappa shape index (κ3) is 3.71. The van der Waals surface area contributed by atoms with E-state index in [0.29, 0.717) is 6.61 Å². The summed E-state index contributed by atoms with van der Waals surface area (Å²) in [4.78, 5) is 22.4. The van der Waals surface area contributed by atoms with E-state index in [0.717, 1.165) is 0 Å². The molecular formula is C12H17ClO5. The van der Waals surface area contributed by atoms with Crippen molar-refractivity contribution < 1.29 is 23.8 Å². The predicted octanol–water partition coefficient (Wildman–Crippen LogP) is 1.84. The molecule has 0 aromatic rings. The molecule has 1 aliphatic heterocycles. The molecule has 0 bridgehead atoms. The molecule has 0 aromatic carbocycles. The van der Waals surface area contributed by atoms with Gasteiger partial charge in [-0.25, -0.2) is 4.79 Å². The van der Waals surface area contributed by atoms with Gasteiger partial charge in [-0.15, -0.1) is 0 Å². The Morgan fingerprint density at radius 1 is 1.33 bits per heavy atom. The molecule has 0 spiro atoms. The fourth-order valence-electron chi connectivity index (χ4n) is 1.69. The Kier molecular flexibility index (Phi) is 5.16. The average molecular weight is 277 g/mol. The van der Waals surface area contributed by atoms with E-state index in [1.54, 1.807) is 0 Å². The number of hydrogen-bond donors (Lipinski definition) is 0. The van der Waals surface area contributed by atoms with Gasteiger partial charge in [0, 0.05) is 12.8 Å². The van der Waals surface area contributed by atoms with Crippen LogP contribution in [0.4, 0.5) is 0 Å². The van der Waals surface area contributed by atoms with Gasteiger partial charge in [0.15, 0.2) is 6.10 Å². The van der Waals surface area contributed by atoms with E-state index in [4.69, 9.17) is 25.8 Å². The molecule has 6 heteroatoms. The van der Waals surface area contributed by atoms with Crippen molar-refractivity contribution in [1.29, 1.82) is 0 Å². The van der Waals surface area contributed by atoms with E-state index < -0.39 is 24.3 Å². The van der Waals surface area contributed by atoms with Gasteiger partial charge in [0.05, 0.1) is 6.61 Å². The van der Waals surface area contributed by atoms with Gasteiger partial charge in [0.2, 0.25) is 6.29 Å². The molecule has 1 fully saturated rings. The first-order chi connectivity index (χ1) is 8.32. The van der Waals surface area contributed by atoms with Gasteiger partial charge in [0.1, 0.15) is 5.03 Å². The van der Waals surface area contributed by atoms with E-state index >= 15 is 0 Å². The minimum atomic E-state index is -0.942. The SMILES string of the molecule is C=C(Cl)C(=O)OC1OCC(C)C(C)C1OC(C)=O. The molecule has 0 amide bonds. The minimum Gasteiger partial charge on any atom is -0.456 e. The second-order valence-electron chi connectivity index (χ2n) is 4.42. The Labute approximate surface area is 111 Å². The fraction of sp³-hybridized carbons (Fsp3) is 0.667. The molecule has 0 saturated carbocycles. The summed E-state index contributed by atoms with van der Waals surface area (Å²) in [6.45, 7) is 8.87. The standard InChI is InChI=1S/C12H17ClO5/c1-6-5-16-12(18-11(15)8(3)13)10(7(6)2)17-9(4)14/h6-7,10,12H,3,5H2,1-2,4H3. The van der Waals surface area contributed by atoms with Crippen LogP contribution in [0.2, 0.25) is 0 Å². The highest BCUT2D eigenvalue weighted by molar-refractivity contribution is 6.40. The van der Waals surface area contributed by atoms with Crippen molar-refractivity contribution in [3.8, 4) is 0 Å². The molecule has 102 valence electrons. The number of hydrogen-bond acceptors (Lipinski definition) is 5. The summed E-state index contributed by atoms with van der Waals surface area (Å²) in [5.41, 5.74) is 0. The van der Waals surface area contributed by atoms with Crippen molar-refractivity contribution in [3.05, 3.63) is 11.6 Å². The number of rotatable bonds is 3. The topological polar surface area (TPSA) is 61.8 Å². The lowest BCUT2D eigenvalue weighted by atomic mass is 9.88. The average Bonchev–Trinajstić information content (AvgIpc) is 2.27. The van der Waals surface area contributed by atoms with Crippen LogP contribution in [0.15, 0.2) is 11.6 Å². The maximum atomic E-state index is 11.4. The van der Waals surface area contributed by atoms with Crippen molar-refractivity contribution in [2.24, 2.45) is 11.8 Å². The molecule has 1 heterocycles. The van der Waals surface area contributed by atoms with Gasteiger partial charge < -0.3 is 14.2 Å². The van der Waals surface area contributed by atoms with Gasteiger partial charge in [-0.3, -0.25) is 4.79 Å². The van der Waals surface area contributed by atoms with E-state index in [1.807, 2.05) is 13.8 Å². The van der Waals surface area contributed by atoms with E-state index in [1.165, 1.54) is 6.92 Å². The third-order valence-corrected chi connectivity index (χ3v) is 3.11. The lowest BCUT2D eigenvalue weighted by Gasteiger charge is -2.38. The molecule has 5 nitrogen and oxygen atoms in total. The molecule has 1 saturated heterocycles. The first kappa shape index (κ1) is 15.0. The third-order valence-electron chi connectivity index (χ3n) is 2.95. The minimum absolute atomic E-state index is 0.0176. The summed E-state index contributed by atoms with van der Waals surface area (Å²) in [6.07, 6.45) is -1.57. The van der Waals surface area contributed by atoms with Crippen LogP contribution in [0.3, 0.4) is 0 Å². The zero-order valence-electron chi connectivity index (χ0n) is 10.6. The highest BCUT2D eigenvalue weighted by Crippen LogP contribution is 2.29. The predicted molar refractivity (Wildman–Crippen MR) is 64.7 cm³/mol. The van der Waals surface area contributed by atoms with Crippen molar-refractivity contribution >= 4 is 23.5 Å². The van der Waals surface area contributed by atoms with Crippen LogP contribution in [0.25, 0.3) is 0 Å². The monoisotopic (exact) mass is 276 g/mol. The van der Waals surface area contributed by atoms with Crippen LogP contribution in [-0.4, -0.2) is 30.9 Å². The highest BCUT2D eigenvalue weighted by Gasteiger charge is 2.40. The second-order valence-corrected chi connectivity index (χ2v) is 4.88. The van der Waals surface area contributed by atoms with Crippen LogP contribution < -0.4 is 0 Å². The van der Waals surface area contributed by atoms with E-state index in [2.05, 4.69) is 6.58 Å². The largest absolute Gasteiger partial charge is 0.456 e. The first-order valence-corrected chi connectivity index (χ1v) is 6.05. The molecule has 0 N–H and O–H groups in total. The van der Waals surface area contributed by atoms with Crippen molar-refractivity contribution in [2.45, 2.75) is 33.2 Å². The molecule has 18 heavy (non-hydrogen) atoms. The summed E-state index contributed by atoms with van der Waals surface area (Å²) >= 11 is 5.43. The van der Waals surface area contributed by atoms with Crippen molar-refractivity contribution in [2.75, 3.05) is 6.61 Å². The zero-order chi connectivity index (χ0) is 13.9. The summed E-state index contributed by atoms with van der Waals surface area (Å²) in [5.74, 6) is -1.01. The van der Waals surface area contributed by atoms with Gasteiger partial charge >= 0.3 is 11.9 Å². The molecule has 4 atom stereocenters. The van der Waals surface area contributed by atoms with E-state index in [-0.39, 0.29) is 16.9 Å². The zero-order valence-corrected chi connectivity index (χ0v) is 11.4. The number of carbonyl (C=O) groups excluding carboxylic acids is 2. The molecular weight excluding hydrogens is 260 g/mol. The van der Waals surface area contributed by atoms with Crippen LogP contribution in [0, 0.1) is 11.8 Å². The second kappa shape index (κ2) is 6.20. The molecule has 0 radical (unpaired) electrons. The van der Waals surface area contributed by atoms with Crippen molar-refractivity contribution in [3.63, 3.8) is 0 Å². The van der Waals surface area contributed by atoms with Gasteiger partial charge in [-0.05, 0) is 5.92 Å². The highest BCUT2D eigenvalue weighted by atomic mass is 35.5. The Hall–Kier alpha value is -1.07. The molecule has 0 aromatic heterocycles. The van der Waals surface area contributed by atoms with Crippen LogP contribution in [0.5, 0.6) is 0 Å². The summed E-state index contributed by atoms with van der Waals surface area (Å²) < 4.78 is 15.5. The summed E-state index contributed by atoms with van der Waals surface area (Å²) in [6, 6.07) is 0. The molecule has 0 aliphatic carbocycles. The Bertz CT molecular complexity index is 354. The summed E-state index contributed by atoms with van der Waals surface area (Å²) in [7, 11) is 0. The van der Waals surface area contributed by atoms with E-state index in [9.17, 15) is 9.59 Å². The number of halogens is 1. The van der Waals surface area contributed by atoms with Crippen LogP contribution in [-0.2, 0) is 23.8 Å². The van der Waals surface area contributed by atoms with Crippen LogP contribution >= 0.6 is 11.6 Å². The van der Waals surface area contributed by atoms with Crippen LogP contribution in [0.1, 0.15) is 20.8 Å². The normalized spacial score (nSPS) is 31.6. The maximum absolute atomic E-state index is 11.4.